The van der Waals surface area contributed by atoms with Gasteiger partial charge in [0.25, 0.3) is 0 Å². The Balaban J connectivity index is 1.54. The fourth-order valence-electron chi connectivity index (χ4n) is 4.10. The summed E-state index contributed by atoms with van der Waals surface area (Å²) in [5.74, 6) is 0.363. The lowest BCUT2D eigenvalue weighted by atomic mass is 10.1. The van der Waals surface area contributed by atoms with Crippen LogP contribution in [0.25, 0.3) is 5.65 Å². The molecule has 0 aromatic carbocycles. The van der Waals surface area contributed by atoms with E-state index in [2.05, 4.69) is 4.98 Å². The van der Waals surface area contributed by atoms with E-state index in [0.717, 1.165) is 29.7 Å². The number of ether oxygens (including phenoxy) is 1. The SMILES string of the molecule is Cc1cccn2c(CC(=O)N3CCO[C@H]4C[C@H](CO)C[C@@H]43)cnc12. The number of hydrogen-bond donors (Lipinski definition) is 1. The van der Waals surface area contributed by atoms with E-state index in [-0.39, 0.29) is 30.6 Å². The summed E-state index contributed by atoms with van der Waals surface area (Å²) >= 11 is 0. The van der Waals surface area contributed by atoms with E-state index in [9.17, 15) is 9.90 Å². The topological polar surface area (TPSA) is 67.1 Å². The van der Waals surface area contributed by atoms with Crippen molar-refractivity contribution in [2.24, 2.45) is 5.92 Å². The number of aliphatic hydroxyl groups is 1. The molecule has 0 unspecified atom stereocenters. The van der Waals surface area contributed by atoms with Gasteiger partial charge in [-0.1, -0.05) is 6.07 Å². The third kappa shape index (κ3) is 2.59. The molecule has 2 aromatic rings. The monoisotopic (exact) mass is 329 g/mol. The average Bonchev–Trinajstić information content (AvgIpc) is 3.19. The van der Waals surface area contributed by atoms with Gasteiger partial charge in [0, 0.05) is 25.5 Å². The lowest BCUT2D eigenvalue weighted by Crippen LogP contribution is -2.51. The number of aromatic nitrogens is 2. The average molecular weight is 329 g/mol. The van der Waals surface area contributed by atoms with Crippen LogP contribution in [0.1, 0.15) is 24.1 Å². The highest BCUT2D eigenvalue weighted by atomic mass is 16.5. The number of carbonyl (C=O) groups excluding carboxylic acids is 1. The van der Waals surface area contributed by atoms with Crippen molar-refractivity contribution in [1.82, 2.24) is 14.3 Å². The number of carbonyl (C=O) groups is 1. The fourth-order valence-corrected chi connectivity index (χ4v) is 4.10. The van der Waals surface area contributed by atoms with Crippen LogP contribution in [0.2, 0.25) is 0 Å². The van der Waals surface area contributed by atoms with E-state index >= 15 is 0 Å². The number of rotatable bonds is 3. The zero-order valence-electron chi connectivity index (χ0n) is 13.9. The summed E-state index contributed by atoms with van der Waals surface area (Å²) in [5, 5.41) is 9.42. The summed E-state index contributed by atoms with van der Waals surface area (Å²) in [4.78, 5) is 19.3. The fraction of sp³-hybridized carbons (Fsp3) is 0.556. The van der Waals surface area contributed by atoms with Gasteiger partial charge in [0.1, 0.15) is 5.65 Å². The largest absolute Gasteiger partial charge is 0.396 e. The Morgan fingerprint density at radius 3 is 3.17 bits per heavy atom. The van der Waals surface area contributed by atoms with Gasteiger partial charge in [-0.2, -0.15) is 0 Å². The van der Waals surface area contributed by atoms with E-state index in [1.165, 1.54) is 0 Å². The van der Waals surface area contributed by atoms with Crippen LogP contribution >= 0.6 is 0 Å². The minimum Gasteiger partial charge on any atom is -0.396 e. The first-order valence-corrected chi connectivity index (χ1v) is 8.61. The summed E-state index contributed by atoms with van der Waals surface area (Å²) in [5.41, 5.74) is 2.92. The van der Waals surface area contributed by atoms with Crippen molar-refractivity contribution in [3.8, 4) is 0 Å². The van der Waals surface area contributed by atoms with Gasteiger partial charge in [0.2, 0.25) is 5.91 Å². The molecule has 1 aliphatic heterocycles. The zero-order chi connectivity index (χ0) is 16.7. The molecule has 1 amide bonds. The van der Waals surface area contributed by atoms with E-state index in [0.29, 0.717) is 19.6 Å². The molecule has 3 atom stereocenters. The number of hydrogen-bond acceptors (Lipinski definition) is 4. The third-order valence-electron chi connectivity index (χ3n) is 5.35. The van der Waals surface area contributed by atoms with Crippen LogP contribution < -0.4 is 0 Å². The minimum atomic E-state index is 0.0734. The maximum absolute atomic E-state index is 12.9. The van der Waals surface area contributed by atoms with Gasteiger partial charge < -0.3 is 19.1 Å². The van der Waals surface area contributed by atoms with E-state index in [1.807, 2.05) is 34.6 Å². The van der Waals surface area contributed by atoms with Crippen LogP contribution in [0.3, 0.4) is 0 Å². The molecule has 2 fully saturated rings. The highest BCUT2D eigenvalue weighted by Gasteiger charge is 2.42. The lowest BCUT2D eigenvalue weighted by molar-refractivity contribution is -0.143. The number of morpholine rings is 1. The quantitative estimate of drug-likeness (QED) is 0.918. The Bertz CT molecular complexity index is 757. The molecule has 128 valence electrons. The van der Waals surface area contributed by atoms with Gasteiger partial charge in [0.15, 0.2) is 0 Å². The number of aliphatic hydroxyl groups excluding tert-OH is 1. The normalized spacial score (nSPS) is 26.8. The van der Waals surface area contributed by atoms with Crippen LogP contribution in [-0.2, 0) is 16.0 Å². The molecule has 1 N–H and O–H groups in total. The third-order valence-corrected chi connectivity index (χ3v) is 5.35. The number of amides is 1. The summed E-state index contributed by atoms with van der Waals surface area (Å²) in [6, 6.07) is 4.10. The summed E-state index contributed by atoms with van der Waals surface area (Å²) in [7, 11) is 0. The first-order valence-electron chi connectivity index (χ1n) is 8.61. The van der Waals surface area contributed by atoms with Crippen molar-refractivity contribution in [3.63, 3.8) is 0 Å². The van der Waals surface area contributed by atoms with Gasteiger partial charge in [-0.3, -0.25) is 4.79 Å². The van der Waals surface area contributed by atoms with Crippen molar-refractivity contribution < 1.29 is 14.6 Å². The second-order valence-electron chi connectivity index (χ2n) is 6.89. The summed E-state index contributed by atoms with van der Waals surface area (Å²) in [6.07, 6.45) is 5.85. The molecule has 2 aliphatic rings. The molecular weight excluding hydrogens is 306 g/mol. The van der Waals surface area contributed by atoms with Crippen molar-refractivity contribution >= 4 is 11.6 Å². The molecule has 2 aromatic heterocycles. The summed E-state index contributed by atoms with van der Waals surface area (Å²) in [6.45, 7) is 3.41. The lowest BCUT2D eigenvalue weighted by Gasteiger charge is -2.37. The number of pyridine rings is 1. The minimum absolute atomic E-state index is 0.0734. The molecule has 6 nitrogen and oxygen atoms in total. The predicted octanol–water partition coefficient (Wildman–Crippen LogP) is 1.18. The molecule has 1 saturated carbocycles. The number of nitrogens with zero attached hydrogens (tertiary/aromatic N) is 3. The van der Waals surface area contributed by atoms with Crippen LogP contribution in [0, 0.1) is 12.8 Å². The molecule has 6 heteroatoms. The molecule has 1 saturated heterocycles. The van der Waals surface area contributed by atoms with Crippen LogP contribution in [0.15, 0.2) is 24.5 Å². The van der Waals surface area contributed by atoms with Gasteiger partial charge in [0.05, 0.1) is 30.9 Å². The van der Waals surface area contributed by atoms with Crippen LogP contribution in [-0.4, -0.2) is 57.2 Å². The van der Waals surface area contributed by atoms with E-state index < -0.39 is 0 Å². The first kappa shape index (κ1) is 15.6. The van der Waals surface area contributed by atoms with E-state index in [4.69, 9.17) is 4.74 Å². The van der Waals surface area contributed by atoms with Crippen molar-refractivity contribution in [2.75, 3.05) is 19.8 Å². The van der Waals surface area contributed by atoms with Crippen LogP contribution in [0.5, 0.6) is 0 Å². The molecule has 0 bridgehead atoms. The van der Waals surface area contributed by atoms with Gasteiger partial charge in [-0.15, -0.1) is 0 Å². The predicted molar refractivity (Wildman–Crippen MR) is 88.7 cm³/mol. The maximum Gasteiger partial charge on any atom is 0.229 e. The molecule has 24 heavy (non-hydrogen) atoms. The Morgan fingerprint density at radius 1 is 1.46 bits per heavy atom. The molecule has 3 heterocycles. The molecule has 0 spiro atoms. The molecule has 1 aliphatic carbocycles. The number of aryl methyl sites for hydroxylation is 1. The maximum atomic E-state index is 12.9. The van der Waals surface area contributed by atoms with E-state index in [1.54, 1.807) is 6.20 Å². The highest BCUT2D eigenvalue weighted by molar-refractivity contribution is 5.79. The Kier molecular flexibility index (Phi) is 4.02. The first-order chi connectivity index (χ1) is 11.7. The Morgan fingerprint density at radius 2 is 2.33 bits per heavy atom. The molecule has 0 radical (unpaired) electrons. The van der Waals surface area contributed by atoms with Crippen molar-refractivity contribution in [3.05, 3.63) is 35.8 Å². The van der Waals surface area contributed by atoms with Crippen molar-refractivity contribution in [2.45, 2.75) is 38.3 Å². The Hall–Kier alpha value is -1.92. The number of imidazole rings is 1. The van der Waals surface area contributed by atoms with Crippen molar-refractivity contribution in [1.29, 1.82) is 0 Å². The second kappa shape index (κ2) is 6.18. The molecule has 4 rings (SSSR count). The zero-order valence-corrected chi connectivity index (χ0v) is 13.9. The standard InChI is InChI=1S/C18H23N3O3/c1-12-3-2-4-20-14(10-19-18(12)20)9-17(23)21-5-6-24-16-8-13(11-22)7-15(16)21/h2-4,10,13,15-16,22H,5-9,11H2,1H3/t13-,15+,16+/m1/s1. The van der Waals surface area contributed by atoms with Gasteiger partial charge in [-0.25, -0.2) is 4.98 Å². The second-order valence-corrected chi connectivity index (χ2v) is 6.89. The summed E-state index contributed by atoms with van der Waals surface area (Å²) < 4.78 is 7.81. The highest BCUT2D eigenvalue weighted by Crippen LogP contribution is 2.34. The van der Waals surface area contributed by atoms with Crippen LogP contribution in [0.4, 0.5) is 0 Å². The van der Waals surface area contributed by atoms with Gasteiger partial charge >= 0.3 is 0 Å². The Labute approximate surface area is 141 Å². The smallest absolute Gasteiger partial charge is 0.229 e. The number of fused-ring (bicyclic) bond motifs is 2. The molecular formula is C18H23N3O3. The van der Waals surface area contributed by atoms with Gasteiger partial charge in [-0.05, 0) is 37.3 Å².